The van der Waals surface area contributed by atoms with Gasteiger partial charge in [0.1, 0.15) is 5.54 Å². The summed E-state index contributed by atoms with van der Waals surface area (Å²) in [7, 11) is 1.38. The Morgan fingerprint density at radius 1 is 1.50 bits per heavy atom. The van der Waals surface area contributed by atoms with E-state index in [0.29, 0.717) is 11.7 Å². The summed E-state index contributed by atoms with van der Waals surface area (Å²) in [5.41, 5.74) is 5.06. The van der Waals surface area contributed by atoms with E-state index in [4.69, 9.17) is 5.73 Å². The first kappa shape index (κ1) is 15.8. The molecule has 0 saturated carbocycles. The molecular formula is C12H25NO2S. The summed E-state index contributed by atoms with van der Waals surface area (Å²) >= 11 is 1.88. The Kier molecular flexibility index (Phi) is 7.85. The largest absolute Gasteiger partial charge is 0.468 e. The lowest BCUT2D eigenvalue weighted by Gasteiger charge is -2.24. The Hall–Kier alpha value is -0.220. The average Bonchev–Trinajstić information content (AvgIpc) is 2.22. The van der Waals surface area contributed by atoms with Crippen molar-refractivity contribution in [2.45, 2.75) is 57.2 Å². The molecule has 0 aliphatic carbocycles. The third-order valence-corrected chi connectivity index (χ3v) is 3.77. The first-order chi connectivity index (χ1) is 7.44. The maximum atomic E-state index is 11.4. The van der Waals surface area contributed by atoms with Gasteiger partial charge in [-0.1, -0.05) is 26.7 Å². The molecule has 2 N–H and O–H groups in total. The molecule has 0 bridgehead atoms. The Balaban J connectivity index is 3.85. The monoisotopic (exact) mass is 247 g/mol. The van der Waals surface area contributed by atoms with Gasteiger partial charge < -0.3 is 10.5 Å². The van der Waals surface area contributed by atoms with Crippen molar-refractivity contribution in [3.05, 3.63) is 0 Å². The highest BCUT2D eigenvalue weighted by molar-refractivity contribution is 7.99. The van der Waals surface area contributed by atoms with Gasteiger partial charge in [-0.15, -0.1) is 0 Å². The van der Waals surface area contributed by atoms with E-state index in [1.165, 1.54) is 26.4 Å². The van der Waals surface area contributed by atoms with Gasteiger partial charge in [-0.3, -0.25) is 4.79 Å². The lowest BCUT2D eigenvalue weighted by molar-refractivity contribution is -0.146. The number of ether oxygens (including phenoxy) is 1. The summed E-state index contributed by atoms with van der Waals surface area (Å²) < 4.78 is 4.69. The zero-order valence-electron chi connectivity index (χ0n) is 10.9. The van der Waals surface area contributed by atoms with Crippen LogP contribution in [0.25, 0.3) is 0 Å². The van der Waals surface area contributed by atoms with Crippen molar-refractivity contribution in [3.8, 4) is 0 Å². The number of esters is 1. The number of hydrogen-bond donors (Lipinski definition) is 1. The van der Waals surface area contributed by atoms with Crippen molar-refractivity contribution >= 4 is 17.7 Å². The van der Waals surface area contributed by atoms with Crippen LogP contribution >= 0.6 is 11.8 Å². The Labute approximate surface area is 103 Å². The topological polar surface area (TPSA) is 52.3 Å². The minimum absolute atomic E-state index is 0.325. The minimum atomic E-state index is -0.855. The van der Waals surface area contributed by atoms with Crippen molar-refractivity contribution in [2.75, 3.05) is 12.9 Å². The van der Waals surface area contributed by atoms with Gasteiger partial charge in [-0.05, 0) is 25.5 Å². The second kappa shape index (κ2) is 7.96. The van der Waals surface area contributed by atoms with Crippen LogP contribution in [0.15, 0.2) is 0 Å². The molecule has 0 aromatic rings. The Morgan fingerprint density at radius 3 is 2.62 bits per heavy atom. The summed E-state index contributed by atoms with van der Waals surface area (Å²) in [6, 6.07) is 0. The molecule has 0 heterocycles. The van der Waals surface area contributed by atoms with E-state index < -0.39 is 5.54 Å². The van der Waals surface area contributed by atoms with Gasteiger partial charge >= 0.3 is 5.97 Å². The predicted octanol–water partition coefficient (Wildman–Crippen LogP) is 2.58. The molecule has 0 amide bonds. The average molecular weight is 247 g/mol. The molecule has 0 aromatic heterocycles. The van der Waals surface area contributed by atoms with E-state index in [9.17, 15) is 4.79 Å². The first-order valence-electron chi connectivity index (χ1n) is 5.93. The van der Waals surface area contributed by atoms with Crippen molar-refractivity contribution in [1.82, 2.24) is 0 Å². The highest BCUT2D eigenvalue weighted by Gasteiger charge is 2.31. The smallest absolute Gasteiger partial charge is 0.325 e. The number of nitrogens with two attached hydrogens (primary N) is 1. The molecule has 0 aliphatic heterocycles. The van der Waals surface area contributed by atoms with Gasteiger partial charge in [-0.25, -0.2) is 0 Å². The normalized spacial score (nSPS) is 16.6. The molecule has 0 rings (SSSR count). The molecule has 4 heteroatoms. The fourth-order valence-electron chi connectivity index (χ4n) is 1.61. The van der Waals surface area contributed by atoms with Crippen LogP contribution in [0.1, 0.15) is 46.5 Å². The summed E-state index contributed by atoms with van der Waals surface area (Å²) in [5.74, 6) is 0.820. The molecule has 16 heavy (non-hydrogen) atoms. The van der Waals surface area contributed by atoms with Crippen LogP contribution in [0.5, 0.6) is 0 Å². The summed E-state index contributed by atoms with van der Waals surface area (Å²) in [5, 5.41) is 0.394. The Morgan fingerprint density at radius 2 is 2.12 bits per heavy atom. The van der Waals surface area contributed by atoms with E-state index in [1.54, 1.807) is 6.92 Å². The lowest BCUT2D eigenvalue weighted by Crippen LogP contribution is -2.47. The van der Waals surface area contributed by atoms with Crippen LogP contribution < -0.4 is 5.73 Å². The maximum absolute atomic E-state index is 11.4. The van der Waals surface area contributed by atoms with Crippen molar-refractivity contribution in [3.63, 3.8) is 0 Å². The number of carbonyl (C=O) groups is 1. The van der Waals surface area contributed by atoms with E-state index >= 15 is 0 Å². The summed E-state index contributed by atoms with van der Waals surface area (Å²) in [4.78, 5) is 11.4. The van der Waals surface area contributed by atoms with Crippen molar-refractivity contribution in [2.24, 2.45) is 5.73 Å². The zero-order chi connectivity index (χ0) is 12.6. The van der Waals surface area contributed by atoms with Crippen LogP contribution in [-0.2, 0) is 9.53 Å². The summed E-state index contributed by atoms with van der Waals surface area (Å²) in [6.07, 6.45) is 4.42. The van der Waals surface area contributed by atoms with E-state index in [1.807, 2.05) is 11.8 Å². The molecule has 2 unspecified atom stereocenters. The van der Waals surface area contributed by atoms with Crippen molar-refractivity contribution < 1.29 is 9.53 Å². The van der Waals surface area contributed by atoms with Crippen LogP contribution in [0.4, 0.5) is 0 Å². The highest BCUT2D eigenvalue weighted by atomic mass is 32.2. The van der Waals surface area contributed by atoms with Gasteiger partial charge in [0.05, 0.1) is 7.11 Å². The fourth-order valence-corrected chi connectivity index (χ4v) is 2.85. The number of hydrogen-bond acceptors (Lipinski definition) is 4. The predicted molar refractivity (Wildman–Crippen MR) is 70.7 cm³/mol. The molecule has 0 fully saturated rings. The molecule has 0 aromatic carbocycles. The van der Waals surface area contributed by atoms with Gasteiger partial charge in [0, 0.05) is 5.25 Å². The standard InChI is InChI=1S/C12H25NO2S/c1-5-6-7-8-16-10(2)9-12(3,13)11(14)15-4/h10H,5-9,13H2,1-4H3. The van der Waals surface area contributed by atoms with Gasteiger partial charge in [0.15, 0.2) is 0 Å². The second-order valence-corrected chi connectivity index (χ2v) is 6.05. The van der Waals surface area contributed by atoms with Crippen LogP contribution in [-0.4, -0.2) is 29.6 Å². The van der Waals surface area contributed by atoms with Gasteiger partial charge in [0.2, 0.25) is 0 Å². The number of unbranched alkanes of at least 4 members (excludes halogenated alkanes) is 2. The molecule has 0 spiro atoms. The van der Waals surface area contributed by atoms with Crippen LogP contribution in [0.2, 0.25) is 0 Å². The van der Waals surface area contributed by atoms with Crippen LogP contribution in [0, 0.1) is 0 Å². The maximum Gasteiger partial charge on any atom is 0.325 e. The molecule has 96 valence electrons. The zero-order valence-corrected chi connectivity index (χ0v) is 11.7. The van der Waals surface area contributed by atoms with E-state index in [-0.39, 0.29) is 5.97 Å². The minimum Gasteiger partial charge on any atom is -0.468 e. The number of carbonyl (C=O) groups excluding carboxylic acids is 1. The molecule has 3 nitrogen and oxygen atoms in total. The lowest BCUT2D eigenvalue weighted by atomic mass is 9.98. The molecule has 0 aliphatic rings. The first-order valence-corrected chi connectivity index (χ1v) is 6.97. The molecule has 0 radical (unpaired) electrons. The number of rotatable bonds is 8. The van der Waals surface area contributed by atoms with E-state index in [0.717, 1.165) is 5.75 Å². The summed E-state index contributed by atoms with van der Waals surface area (Å²) in [6.45, 7) is 6.05. The second-order valence-electron chi connectivity index (χ2n) is 4.50. The van der Waals surface area contributed by atoms with Crippen molar-refractivity contribution in [1.29, 1.82) is 0 Å². The van der Waals surface area contributed by atoms with E-state index in [2.05, 4.69) is 18.6 Å². The number of methoxy groups -OCH3 is 1. The van der Waals surface area contributed by atoms with Gasteiger partial charge in [0.25, 0.3) is 0 Å². The third kappa shape index (κ3) is 6.38. The highest BCUT2D eigenvalue weighted by Crippen LogP contribution is 2.22. The fraction of sp³-hybridized carbons (Fsp3) is 0.917. The SMILES string of the molecule is CCCCCSC(C)CC(C)(N)C(=O)OC. The van der Waals surface area contributed by atoms with Gasteiger partial charge in [-0.2, -0.15) is 11.8 Å². The third-order valence-electron chi connectivity index (χ3n) is 2.51. The molecular weight excluding hydrogens is 222 g/mol. The molecule has 2 atom stereocenters. The molecule has 0 saturated heterocycles. The quantitative estimate of drug-likeness (QED) is 0.529. The number of thioether (sulfide) groups is 1. The van der Waals surface area contributed by atoms with Crippen LogP contribution in [0.3, 0.4) is 0 Å². The Bertz CT molecular complexity index is 207.